The van der Waals surface area contributed by atoms with E-state index in [0.717, 1.165) is 28.8 Å². The molecule has 0 aliphatic carbocycles. The Morgan fingerprint density at radius 3 is 2.42 bits per heavy atom. The minimum Gasteiger partial charge on any atom is -0.489 e. The largest absolute Gasteiger partial charge is 0.489 e. The highest BCUT2D eigenvalue weighted by atomic mass is 35.5. The first-order chi connectivity index (χ1) is 29.8. The van der Waals surface area contributed by atoms with Gasteiger partial charge in [-0.25, -0.2) is 4.39 Å². The van der Waals surface area contributed by atoms with Crippen molar-refractivity contribution in [3.8, 4) is 40.9 Å². The van der Waals surface area contributed by atoms with E-state index in [1.165, 1.54) is 6.07 Å². The van der Waals surface area contributed by atoms with Gasteiger partial charge in [0.25, 0.3) is 5.79 Å². The van der Waals surface area contributed by atoms with Crippen LogP contribution in [0.2, 0.25) is 5.02 Å². The van der Waals surface area contributed by atoms with Gasteiger partial charge in [0, 0.05) is 73.4 Å². The maximum atomic E-state index is 13.8. The number of carbonyl (C=O) groups is 1. The number of aliphatic hydroxyl groups excluding tert-OH is 1. The van der Waals surface area contributed by atoms with Crippen LogP contribution in [-0.2, 0) is 30.7 Å². The molecule has 1 aromatic heterocycles. The highest BCUT2D eigenvalue weighted by molar-refractivity contribution is 6.30. The van der Waals surface area contributed by atoms with E-state index in [1.54, 1.807) is 23.0 Å². The molecule has 1 saturated heterocycles. The summed E-state index contributed by atoms with van der Waals surface area (Å²) >= 11 is 6.10. The van der Waals surface area contributed by atoms with Gasteiger partial charge in [-0.1, -0.05) is 67.3 Å². The minimum absolute atomic E-state index is 0.0800. The molecule has 62 heavy (non-hydrogen) atoms. The van der Waals surface area contributed by atoms with Crippen molar-refractivity contribution in [2.45, 2.75) is 70.7 Å². The van der Waals surface area contributed by atoms with Gasteiger partial charge in [-0.3, -0.25) is 9.48 Å². The van der Waals surface area contributed by atoms with Gasteiger partial charge in [-0.2, -0.15) is 18.3 Å². The van der Waals surface area contributed by atoms with Crippen molar-refractivity contribution < 1.29 is 41.7 Å². The molecule has 1 spiro atoms. The lowest BCUT2D eigenvalue weighted by Gasteiger charge is -2.39. The minimum atomic E-state index is -4.82. The molecule has 0 bridgehead atoms. The summed E-state index contributed by atoms with van der Waals surface area (Å²) in [7, 11) is 0. The third-order valence-electron chi connectivity index (χ3n) is 10.6. The number of aromatic nitrogens is 2. The summed E-state index contributed by atoms with van der Waals surface area (Å²) in [5.74, 6) is 12.1. The van der Waals surface area contributed by atoms with Crippen molar-refractivity contribution in [2.75, 3.05) is 26.2 Å². The van der Waals surface area contributed by atoms with Crippen molar-refractivity contribution in [3.63, 3.8) is 0 Å². The van der Waals surface area contributed by atoms with E-state index in [2.05, 4.69) is 47.9 Å². The first-order valence-electron chi connectivity index (χ1n) is 20.3. The van der Waals surface area contributed by atoms with Crippen LogP contribution in [0.3, 0.4) is 0 Å². The number of nitrogens with zero attached hydrogens (tertiary/aromatic N) is 3. The Bertz CT molecular complexity index is 2510. The fourth-order valence-corrected chi connectivity index (χ4v) is 7.56. The summed E-state index contributed by atoms with van der Waals surface area (Å²) < 4.78 is 73.7. The number of rotatable bonds is 12. The van der Waals surface area contributed by atoms with Crippen LogP contribution in [0, 0.1) is 35.4 Å². The number of hydrogen-bond donors (Lipinski definition) is 2. The first-order valence-corrected chi connectivity index (χ1v) is 20.7. The predicted molar refractivity (Wildman–Crippen MR) is 226 cm³/mol. The van der Waals surface area contributed by atoms with Crippen LogP contribution in [0.4, 0.5) is 17.6 Å². The van der Waals surface area contributed by atoms with Gasteiger partial charge in [-0.15, -0.1) is 0 Å². The van der Waals surface area contributed by atoms with Crippen molar-refractivity contribution in [1.82, 2.24) is 20.0 Å². The third-order valence-corrected chi connectivity index (χ3v) is 10.9. The highest BCUT2D eigenvalue weighted by Gasteiger charge is 2.46. The van der Waals surface area contributed by atoms with E-state index in [1.807, 2.05) is 59.6 Å². The molecule has 5 aromatic rings. The van der Waals surface area contributed by atoms with E-state index in [9.17, 15) is 27.5 Å². The molecule has 322 valence electrons. The summed E-state index contributed by atoms with van der Waals surface area (Å²) in [4.78, 5) is 15.6. The molecule has 1 atom stereocenters. The number of amides is 1. The number of aliphatic hydroxyl groups is 1. The molecule has 0 unspecified atom stereocenters. The number of nitrogens with one attached hydrogen (secondary N) is 1. The normalized spacial score (nSPS) is 14.6. The van der Waals surface area contributed by atoms with Crippen LogP contribution >= 0.6 is 11.6 Å². The van der Waals surface area contributed by atoms with Crippen molar-refractivity contribution in [1.29, 1.82) is 0 Å². The highest BCUT2D eigenvalue weighted by Crippen LogP contribution is 2.44. The average Bonchev–Trinajstić information content (AvgIpc) is 3.85. The lowest BCUT2D eigenvalue weighted by Crippen LogP contribution is -2.52. The molecule has 1 amide bonds. The average molecular weight is 869 g/mol. The Labute approximate surface area is 362 Å². The third kappa shape index (κ3) is 10.9. The maximum absolute atomic E-state index is 13.8. The van der Waals surface area contributed by atoms with Crippen molar-refractivity contribution >= 4 is 17.5 Å². The lowest BCUT2D eigenvalue weighted by atomic mass is 9.86. The number of alkyl halides is 3. The summed E-state index contributed by atoms with van der Waals surface area (Å²) in [6.45, 7) is 6.03. The second-order valence-electron chi connectivity index (χ2n) is 15.5. The number of likely N-dealkylation sites (tertiary alicyclic amines) is 1. The second-order valence-corrected chi connectivity index (χ2v) is 15.9. The van der Waals surface area contributed by atoms with Crippen LogP contribution in [-0.4, -0.2) is 57.7 Å². The molecule has 2 N–H and O–H groups in total. The number of piperidine rings is 1. The Morgan fingerprint density at radius 1 is 0.952 bits per heavy atom. The monoisotopic (exact) mass is 868 g/mol. The summed E-state index contributed by atoms with van der Waals surface area (Å²) in [6.07, 6.45) is 0.280. The summed E-state index contributed by atoms with van der Waals surface area (Å²) in [5, 5.41) is 17.4. The van der Waals surface area contributed by atoms with Crippen LogP contribution in [0.25, 0.3) is 0 Å². The van der Waals surface area contributed by atoms with Crippen molar-refractivity contribution in [3.05, 3.63) is 141 Å². The van der Waals surface area contributed by atoms with Crippen LogP contribution in [0.1, 0.15) is 78.0 Å². The molecule has 9 nitrogen and oxygen atoms in total. The molecule has 4 aromatic carbocycles. The second kappa shape index (κ2) is 19.4. The van der Waals surface area contributed by atoms with Gasteiger partial charge >= 0.3 is 6.18 Å². The van der Waals surface area contributed by atoms with Gasteiger partial charge in [0.2, 0.25) is 5.91 Å². The van der Waals surface area contributed by atoms with Gasteiger partial charge in [0.05, 0.1) is 36.4 Å². The molecule has 2 aliphatic rings. The number of carbonyl (C=O) groups excluding carboxylic acids is 1. The van der Waals surface area contributed by atoms with Crippen LogP contribution < -0.4 is 19.5 Å². The van der Waals surface area contributed by atoms with E-state index in [0.29, 0.717) is 85.4 Å². The van der Waals surface area contributed by atoms with E-state index in [4.69, 9.17) is 25.8 Å². The molecule has 3 heterocycles. The molecule has 0 radical (unpaired) electrons. The Balaban J connectivity index is 0.914. The summed E-state index contributed by atoms with van der Waals surface area (Å²) in [5.41, 5.74) is 2.66. The SMILES string of the molecule is CC(C)[C@H](C(=O)N1CCC2(CC1)Oc1ccc(C#Cc3cnn(CCC#Cc4ccc(OCc5ccc(F)c(C(F)(F)F)c5)c(CNCCO)c4)c3)cc1O2)c1ccc(Cl)cc1. The zero-order chi connectivity index (χ0) is 43.9. The number of halogens is 5. The standard InChI is InChI=1S/C48H45ClF4N4O5/c1-32(2)45(37-11-13-39(49)14-12-37)46(59)56-22-18-47(19-23-56)61-43-17-10-34(27-44(43)62-47)6-7-36-28-55-57(30-36)21-4-3-5-33-9-16-42(38(25-33)29-54-20-24-58)60-31-35-8-15-41(50)40(26-35)48(51,52)53/h8-17,25-28,30,32,45,54,58H,4,18-24,29,31H2,1-2H3/t45-/m0/s1. The van der Waals surface area contributed by atoms with Crippen molar-refractivity contribution in [2.24, 2.45) is 5.92 Å². The molecule has 7 rings (SSSR count). The van der Waals surface area contributed by atoms with Gasteiger partial charge in [-0.05, 0) is 77.7 Å². The fraction of sp³-hybridized carbons (Fsp3) is 0.333. The molecule has 14 heteroatoms. The lowest BCUT2D eigenvalue weighted by molar-refractivity contribution is -0.148. The molecule has 0 saturated carbocycles. The maximum Gasteiger partial charge on any atom is 0.419 e. The topological polar surface area (TPSA) is 98.1 Å². The van der Waals surface area contributed by atoms with Crippen LogP contribution in [0.15, 0.2) is 91.3 Å². The van der Waals surface area contributed by atoms with E-state index in [-0.39, 0.29) is 36.5 Å². The Hall–Kier alpha value is -5.99. The zero-order valence-corrected chi connectivity index (χ0v) is 35.0. The van der Waals surface area contributed by atoms with Crippen LogP contribution in [0.5, 0.6) is 17.2 Å². The summed E-state index contributed by atoms with van der Waals surface area (Å²) in [6, 6.07) is 21.1. The molecule has 2 aliphatic heterocycles. The number of benzene rings is 4. The number of ether oxygens (including phenoxy) is 3. The predicted octanol–water partition coefficient (Wildman–Crippen LogP) is 8.73. The fourth-order valence-electron chi connectivity index (χ4n) is 7.43. The molecular weight excluding hydrogens is 824 g/mol. The Morgan fingerprint density at radius 2 is 1.68 bits per heavy atom. The van der Waals surface area contributed by atoms with E-state index < -0.39 is 23.3 Å². The van der Waals surface area contributed by atoms with E-state index >= 15 is 0 Å². The first kappa shape index (κ1) is 44.1. The molecular formula is C48H45ClF4N4O5. The number of hydrogen-bond acceptors (Lipinski definition) is 7. The smallest absolute Gasteiger partial charge is 0.419 e. The number of aryl methyl sites for hydroxylation is 1. The van der Waals surface area contributed by atoms with Gasteiger partial charge < -0.3 is 29.5 Å². The Kier molecular flexibility index (Phi) is 13.8. The zero-order valence-electron chi connectivity index (χ0n) is 34.2. The molecule has 1 fully saturated rings. The number of fused-ring (bicyclic) bond motifs is 1. The quantitative estimate of drug-likeness (QED) is 0.0736. The van der Waals surface area contributed by atoms with Gasteiger partial charge in [0.1, 0.15) is 18.2 Å². The van der Waals surface area contributed by atoms with Gasteiger partial charge in [0.15, 0.2) is 11.5 Å².